The van der Waals surface area contributed by atoms with Crippen molar-refractivity contribution in [3.05, 3.63) is 28.2 Å². The highest BCUT2D eigenvalue weighted by Gasteiger charge is 2.40. The zero-order valence-corrected chi connectivity index (χ0v) is 11.9. The van der Waals surface area contributed by atoms with Gasteiger partial charge in [0, 0.05) is 23.1 Å². The van der Waals surface area contributed by atoms with E-state index in [1.807, 2.05) is 12.1 Å². The molecule has 1 aliphatic rings. The normalized spacial score (nSPS) is 17.1. The van der Waals surface area contributed by atoms with Crippen LogP contribution in [-0.4, -0.2) is 11.7 Å². The molecule has 2 rings (SSSR count). The number of hydrogen-bond donors (Lipinski definition) is 2. The van der Waals surface area contributed by atoms with Crippen molar-refractivity contribution in [2.75, 3.05) is 6.54 Å². The van der Waals surface area contributed by atoms with Crippen molar-refractivity contribution in [1.82, 2.24) is 5.32 Å². The number of phenolic OH excluding ortho intramolecular Hbond substituents is 1. The van der Waals surface area contributed by atoms with Gasteiger partial charge in [-0.3, -0.25) is 0 Å². The summed E-state index contributed by atoms with van der Waals surface area (Å²) >= 11 is 3.43. The second-order valence-electron chi connectivity index (χ2n) is 5.13. The maximum atomic E-state index is 9.72. The predicted molar refractivity (Wildman–Crippen MR) is 74.1 cm³/mol. The van der Waals surface area contributed by atoms with E-state index in [4.69, 9.17) is 0 Å². The Balaban J connectivity index is 1.84. The standard InChI is InChI=1S/C14H20BrNO/c1-2-5-14(6-7-14)10-16-9-11-8-12(15)3-4-13(11)17/h3-4,8,16-17H,2,5-7,9-10H2,1H3. The van der Waals surface area contributed by atoms with Crippen LogP contribution in [0.5, 0.6) is 5.75 Å². The molecule has 0 amide bonds. The molecule has 1 saturated carbocycles. The molecule has 0 atom stereocenters. The van der Waals surface area contributed by atoms with Crippen LogP contribution in [0.25, 0.3) is 0 Å². The minimum atomic E-state index is 0.376. The lowest BCUT2D eigenvalue weighted by Crippen LogP contribution is -2.23. The second-order valence-corrected chi connectivity index (χ2v) is 6.04. The Morgan fingerprint density at radius 3 is 2.82 bits per heavy atom. The summed E-state index contributed by atoms with van der Waals surface area (Å²) in [7, 11) is 0. The van der Waals surface area contributed by atoms with Crippen LogP contribution in [0.4, 0.5) is 0 Å². The molecular formula is C14H20BrNO. The van der Waals surface area contributed by atoms with Gasteiger partial charge in [0.25, 0.3) is 0 Å². The SMILES string of the molecule is CCCC1(CNCc2cc(Br)ccc2O)CC1. The first kappa shape index (κ1) is 12.9. The number of benzene rings is 1. The quantitative estimate of drug-likeness (QED) is 0.836. The molecule has 1 aliphatic carbocycles. The van der Waals surface area contributed by atoms with Gasteiger partial charge in [-0.15, -0.1) is 0 Å². The van der Waals surface area contributed by atoms with Gasteiger partial charge in [0.05, 0.1) is 0 Å². The third kappa shape index (κ3) is 3.46. The number of hydrogen-bond acceptors (Lipinski definition) is 2. The van der Waals surface area contributed by atoms with E-state index in [0.717, 1.165) is 23.1 Å². The van der Waals surface area contributed by atoms with Gasteiger partial charge in [0.1, 0.15) is 5.75 Å². The van der Waals surface area contributed by atoms with Crippen LogP contribution in [-0.2, 0) is 6.54 Å². The highest BCUT2D eigenvalue weighted by molar-refractivity contribution is 9.10. The van der Waals surface area contributed by atoms with Gasteiger partial charge in [-0.2, -0.15) is 0 Å². The third-order valence-corrected chi connectivity index (χ3v) is 4.09. The lowest BCUT2D eigenvalue weighted by Gasteiger charge is -2.15. The van der Waals surface area contributed by atoms with Crippen molar-refractivity contribution < 1.29 is 5.11 Å². The summed E-state index contributed by atoms with van der Waals surface area (Å²) in [6.07, 6.45) is 5.31. The van der Waals surface area contributed by atoms with E-state index in [-0.39, 0.29) is 0 Å². The number of phenols is 1. The van der Waals surface area contributed by atoms with Crippen LogP contribution in [0.2, 0.25) is 0 Å². The Kier molecular flexibility index (Phi) is 4.10. The largest absolute Gasteiger partial charge is 0.508 e. The Morgan fingerprint density at radius 1 is 1.41 bits per heavy atom. The van der Waals surface area contributed by atoms with E-state index in [9.17, 15) is 5.11 Å². The van der Waals surface area contributed by atoms with Crippen LogP contribution in [0.1, 0.15) is 38.2 Å². The highest BCUT2D eigenvalue weighted by atomic mass is 79.9. The van der Waals surface area contributed by atoms with E-state index < -0.39 is 0 Å². The van der Waals surface area contributed by atoms with Gasteiger partial charge in [-0.25, -0.2) is 0 Å². The van der Waals surface area contributed by atoms with Crippen molar-refractivity contribution in [2.24, 2.45) is 5.41 Å². The first-order valence-corrected chi connectivity index (χ1v) is 7.13. The summed E-state index contributed by atoms with van der Waals surface area (Å²) in [6.45, 7) is 4.07. The molecule has 1 aromatic rings. The van der Waals surface area contributed by atoms with E-state index in [1.54, 1.807) is 6.07 Å². The molecule has 0 aliphatic heterocycles. The molecule has 0 bridgehead atoms. The molecule has 0 spiro atoms. The number of aromatic hydroxyl groups is 1. The molecule has 94 valence electrons. The molecule has 0 unspecified atom stereocenters. The molecule has 2 N–H and O–H groups in total. The molecule has 0 saturated heterocycles. The van der Waals surface area contributed by atoms with E-state index >= 15 is 0 Å². The fourth-order valence-corrected chi connectivity index (χ4v) is 2.79. The zero-order valence-electron chi connectivity index (χ0n) is 10.3. The topological polar surface area (TPSA) is 32.3 Å². The van der Waals surface area contributed by atoms with Crippen LogP contribution in [0.15, 0.2) is 22.7 Å². The van der Waals surface area contributed by atoms with Gasteiger partial charge >= 0.3 is 0 Å². The molecule has 3 heteroatoms. The number of halogens is 1. The Labute approximate surface area is 112 Å². The summed E-state index contributed by atoms with van der Waals surface area (Å²) in [6, 6.07) is 5.57. The molecule has 0 radical (unpaired) electrons. The molecule has 2 nitrogen and oxygen atoms in total. The number of nitrogens with one attached hydrogen (secondary N) is 1. The van der Waals surface area contributed by atoms with Crippen molar-refractivity contribution in [3.8, 4) is 5.75 Å². The third-order valence-electron chi connectivity index (χ3n) is 3.59. The zero-order chi connectivity index (χ0) is 12.3. The van der Waals surface area contributed by atoms with E-state index in [0.29, 0.717) is 11.2 Å². The number of rotatable bonds is 6. The first-order valence-electron chi connectivity index (χ1n) is 6.33. The van der Waals surface area contributed by atoms with Crippen LogP contribution in [0.3, 0.4) is 0 Å². The average Bonchev–Trinajstić information content (AvgIpc) is 3.04. The summed E-state index contributed by atoms with van der Waals surface area (Å²) < 4.78 is 1.02. The molecule has 1 fully saturated rings. The van der Waals surface area contributed by atoms with Gasteiger partial charge in [0.15, 0.2) is 0 Å². The summed E-state index contributed by atoms with van der Waals surface area (Å²) in [5.41, 5.74) is 1.53. The van der Waals surface area contributed by atoms with E-state index in [2.05, 4.69) is 28.2 Å². The van der Waals surface area contributed by atoms with Crippen molar-refractivity contribution >= 4 is 15.9 Å². The maximum Gasteiger partial charge on any atom is 0.120 e. The van der Waals surface area contributed by atoms with Crippen LogP contribution in [0, 0.1) is 5.41 Å². The summed E-state index contributed by atoms with van der Waals surface area (Å²) in [4.78, 5) is 0. The molecule has 17 heavy (non-hydrogen) atoms. The molecular weight excluding hydrogens is 278 g/mol. The van der Waals surface area contributed by atoms with Gasteiger partial charge in [-0.05, 0) is 42.9 Å². The highest BCUT2D eigenvalue weighted by Crippen LogP contribution is 2.48. The molecule has 0 heterocycles. The minimum absolute atomic E-state index is 0.376. The summed E-state index contributed by atoms with van der Waals surface area (Å²) in [5, 5.41) is 13.2. The van der Waals surface area contributed by atoms with Gasteiger partial charge < -0.3 is 10.4 Å². The minimum Gasteiger partial charge on any atom is -0.508 e. The summed E-state index contributed by atoms with van der Waals surface area (Å²) in [5.74, 6) is 0.376. The smallest absolute Gasteiger partial charge is 0.120 e. The van der Waals surface area contributed by atoms with Crippen molar-refractivity contribution in [2.45, 2.75) is 39.2 Å². The van der Waals surface area contributed by atoms with Crippen molar-refractivity contribution in [3.63, 3.8) is 0 Å². The maximum absolute atomic E-state index is 9.72. The van der Waals surface area contributed by atoms with Gasteiger partial charge in [0.2, 0.25) is 0 Å². The lowest BCUT2D eigenvalue weighted by molar-refractivity contribution is 0.414. The van der Waals surface area contributed by atoms with Crippen LogP contribution < -0.4 is 5.32 Å². The first-order chi connectivity index (χ1) is 8.15. The molecule has 0 aromatic heterocycles. The Bertz CT molecular complexity index is 388. The van der Waals surface area contributed by atoms with E-state index in [1.165, 1.54) is 25.7 Å². The van der Waals surface area contributed by atoms with Crippen molar-refractivity contribution in [1.29, 1.82) is 0 Å². The Morgan fingerprint density at radius 2 is 2.18 bits per heavy atom. The second kappa shape index (κ2) is 5.40. The van der Waals surface area contributed by atoms with Crippen LogP contribution >= 0.6 is 15.9 Å². The molecule has 1 aromatic carbocycles. The predicted octanol–water partition coefficient (Wildman–Crippen LogP) is 3.82. The average molecular weight is 298 g/mol. The Hall–Kier alpha value is -0.540. The van der Waals surface area contributed by atoms with Gasteiger partial charge in [-0.1, -0.05) is 29.3 Å². The monoisotopic (exact) mass is 297 g/mol. The fraction of sp³-hybridized carbons (Fsp3) is 0.571. The lowest BCUT2D eigenvalue weighted by atomic mass is 10.0. The fourth-order valence-electron chi connectivity index (χ4n) is 2.38.